The molecule has 0 aliphatic rings. The summed E-state index contributed by atoms with van der Waals surface area (Å²) in [4.78, 5) is 49.4. The average molecular weight is 1010 g/mol. The van der Waals surface area contributed by atoms with Gasteiger partial charge in [-0.25, -0.2) is 36.0 Å². The monoisotopic (exact) mass is 1010 g/mol. The number of benzene rings is 2. The van der Waals surface area contributed by atoms with Crippen molar-refractivity contribution in [3.63, 3.8) is 0 Å². The van der Waals surface area contributed by atoms with Crippen LogP contribution in [0.2, 0.25) is 0 Å². The van der Waals surface area contributed by atoms with Crippen LogP contribution in [-0.4, -0.2) is 125 Å². The Kier molecular flexibility index (Phi) is 39.6. The molecule has 2 rings (SSSR count). The fraction of sp³-hybridized carbons (Fsp3) is 0.680. The summed E-state index contributed by atoms with van der Waals surface area (Å²) in [6.45, 7) is 5.01. The number of ether oxygens (including phenoxy) is 4. The number of unbranched alkanes of at least 4 members (excludes halogenated alkanes) is 22. The minimum Gasteiger partial charge on any atom is -0.748 e. The maximum Gasteiger partial charge on any atom is 2.00 e. The largest absolute Gasteiger partial charge is 2.00 e. The Morgan fingerprint density at radius 3 is 0.761 bits per heavy atom. The van der Waals surface area contributed by atoms with Gasteiger partial charge in [0.1, 0.15) is 0 Å². The first-order chi connectivity index (χ1) is 31.7. The van der Waals surface area contributed by atoms with Crippen LogP contribution in [0.3, 0.4) is 0 Å². The van der Waals surface area contributed by atoms with Gasteiger partial charge in [-0.05, 0) is 62.8 Å². The van der Waals surface area contributed by atoms with Gasteiger partial charge in [0.25, 0.3) is 0 Å². The maximum atomic E-state index is 12.4. The van der Waals surface area contributed by atoms with Crippen molar-refractivity contribution >= 4 is 81.9 Å². The molecule has 2 aromatic rings. The van der Waals surface area contributed by atoms with Crippen molar-refractivity contribution < 1.29 is 64.1 Å². The predicted octanol–water partition coefficient (Wildman–Crippen LogP) is 10.9. The van der Waals surface area contributed by atoms with Crippen LogP contribution < -0.4 is 0 Å². The summed E-state index contributed by atoms with van der Waals surface area (Å²) in [5, 5.41) is 0. The molecule has 2 aromatic carbocycles. The standard InChI is InChI=1S/2C25H40O7S.Ca/c2*1-2-3-4-5-6-7-8-9-10-11-14-19-31-24(26)22-17-12-13-18-23(22)25(27)32-20-15-16-21-33(28,29)30;/h2*12-13,17-18H,2-11,14-16,19-21H2,1H3,(H,28,29,30);/q;;+2/p-2. The number of esters is 4. The quantitative estimate of drug-likeness (QED) is 0.0201. The van der Waals surface area contributed by atoms with E-state index in [9.17, 15) is 45.1 Å². The summed E-state index contributed by atoms with van der Waals surface area (Å²) in [6.07, 6.45) is 27.3. The van der Waals surface area contributed by atoms with E-state index in [1.54, 1.807) is 24.3 Å². The number of rotatable bonds is 38. The molecule has 0 saturated carbocycles. The zero-order chi connectivity index (χ0) is 48.7. The Hall–Kier alpha value is -2.60. The molecular weight excluding hydrogens is 929 g/mol. The molecule has 0 aliphatic carbocycles. The van der Waals surface area contributed by atoms with Crippen molar-refractivity contribution in [3.8, 4) is 0 Å². The van der Waals surface area contributed by atoms with Crippen LogP contribution in [0.1, 0.15) is 222 Å². The first kappa shape index (κ1) is 64.4. The number of carbonyl (C=O) groups is 4. The summed E-state index contributed by atoms with van der Waals surface area (Å²) in [5.41, 5.74) is 0.510. The topological polar surface area (TPSA) is 220 Å². The van der Waals surface area contributed by atoms with Gasteiger partial charge < -0.3 is 28.1 Å². The molecule has 0 spiro atoms. The minimum absolute atomic E-state index is 0. The van der Waals surface area contributed by atoms with Gasteiger partial charge >= 0.3 is 61.6 Å². The number of hydrogen-bond donors (Lipinski definition) is 0. The maximum absolute atomic E-state index is 12.4. The van der Waals surface area contributed by atoms with Crippen molar-refractivity contribution in [1.29, 1.82) is 0 Å². The van der Waals surface area contributed by atoms with Gasteiger partial charge in [0.2, 0.25) is 0 Å². The molecular formula is C50H78CaO14S2. The van der Waals surface area contributed by atoms with E-state index in [1.165, 1.54) is 127 Å². The van der Waals surface area contributed by atoms with Gasteiger partial charge in [0.15, 0.2) is 0 Å². The second-order valence-corrected chi connectivity index (χ2v) is 19.7. The Morgan fingerprint density at radius 2 is 0.552 bits per heavy atom. The van der Waals surface area contributed by atoms with E-state index in [1.807, 2.05) is 0 Å². The van der Waals surface area contributed by atoms with Crippen LogP contribution in [-0.2, 0) is 39.2 Å². The van der Waals surface area contributed by atoms with Crippen LogP contribution in [0.25, 0.3) is 0 Å². The van der Waals surface area contributed by atoms with Crippen LogP contribution in [0.4, 0.5) is 0 Å². The Labute approximate surface area is 432 Å². The van der Waals surface area contributed by atoms with Gasteiger partial charge in [0, 0.05) is 11.5 Å². The minimum atomic E-state index is -4.27. The summed E-state index contributed by atoms with van der Waals surface area (Å²) < 4.78 is 84.4. The summed E-state index contributed by atoms with van der Waals surface area (Å²) >= 11 is 0. The molecule has 0 aliphatic heterocycles. The Balaban J connectivity index is 0.00000128. The van der Waals surface area contributed by atoms with Gasteiger partial charge in [-0.15, -0.1) is 0 Å². The van der Waals surface area contributed by atoms with Crippen molar-refractivity contribution in [2.75, 3.05) is 37.9 Å². The van der Waals surface area contributed by atoms with Crippen LogP contribution >= 0.6 is 0 Å². The van der Waals surface area contributed by atoms with Gasteiger partial charge in [0.05, 0.1) is 68.9 Å². The van der Waals surface area contributed by atoms with Crippen molar-refractivity contribution in [2.24, 2.45) is 0 Å². The van der Waals surface area contributed by atoms with Gasteiger partial charge in [-0.1, -0.05) is 167 Å². The fourth-order valence-corrected chi connectivity index (χ4v) is 8.06. The van der Waals surface area contributed by atoms with E-state index >= 15 is 0 Å². The molecule has 67 heavy (non-hydrogen) atoms. The molecule has 0 N–H and O–H groups in total. The molecule has 14 nitrogen and oxygen atoms in total. The van der Waals surface area contributed by atoms with Gasteiger partial charge in [-0.2, -0.15) is 0 Å². The molecule has 17 heteroatoms. The smallest absolute Gasteiger partial charge is 0.748 e. The molecule has 0 aromatic heterocycles. The SMILES string of the molecule is CCCCCCCCCCCCCOC(=O)c1ccccc1C(=O)OCCCCS(=O)(=O)[O-].CCCCCCCCCCCCCOC(=O)c1ccccc1C(=O)OCCCCS(=O)(=O)[O-].[Ca+2]. The first-order valence-electron chi connectivity index (χ1n) is 24.4. The molecule has 0 amide bonds. The second-order valence-electron chi connectivity index (χ2n) is 16.6. The van der Waals surface area contributed by atoms with E-state index < -0.39 is 55.6 Å². The third-order valence-electron chi connectivity index (χ3n) is 10.7. The predicted molar refractivity (Wildman–Crippen MR) is 260 cm³/mol. The van der Waals surface area contributed by atoms with E-state index in [0.717, 1.165) is 38.5 Å². The average Bonchev–Trinajstić information content (AvgIpc) is 3.28. The molecule has 0 unspecified atom stereocenters. The van der Waals surface area contributed by atoms with Crippen molar-refractivity contribution in [3.05, 3.63) is 70.8 Å². The van der Waals surface area contributed by atoms with Crippen molar-refractivity contribution in [2.45, 2.75) is 181 Å². The van der Waals surface area contributed by atoms with Gasteiger partial charge in [-0.3, -0.25) is 0 Å². The molecule has 0 atom stereocenters. The molecule has 0 radical (unpaired) electrons. The molecule has 0 saturated heterocycles. The normalized spacial score (nSPS) is 11.2. The van der Waals surface area contributed by atoms with E-state index in [-0.39, 0.29) is 98.9 Å². The molecule has 0 heterocycles. The third-order valence-corrected chi connectivity index (χ3v) is 12.3. The molecule has 376 valence electrons. The third kappa shape index (κ3) is 36.1. The second kappa shape index (κ2) is 41.2. The van der Waals surface area contributed by atoms with Crippen molar-refractivity contribution in [1.82, 2.24) is 0 Å². The number of carbonyl (C=O) groups excluding carboxylic acids is 4. The molecule has 0 fully saturated rings. The molecule has 0 bridgehead atoms. The first-order valence-corrected chi connectivity index (χ1v) is 27.6. The summed E-state index contributed by atoms with van der Waals surface area (Å²) in [6, 6.07) is 12.6. The zero-order valence-corrected chi connectivity index (χ0v) is 44.3. The van der Waals surface area contributed by atoms with Crippen LogP contribution in [0, 0.1) is 0 Å². The van der Waals surface area contributed by atoms with E-state index in [2.05, 4.69) is 13.8 Å². The Morgan fingerprint density at radius 1 is 0.358 bits per heavy atom. The van der Waals surface area contributed by atoms with E-state index in [4.69, 9.17) is 18.9 Å². The van der Waals surface area contributed by atoms with E-state index in [0.29, 0.717) is 13.2 Å². The summed E-state index contributed by atoms with van der Waals surface area (Å²) in [5.74, 6) is -3.47. The summed E-state index contributed by atoms with van der Waals surface area (Å²) in [7, 11) is -8.54. The van der Waals surface area contributed by atoms with Crippen LogP contribution in [0.5, 0.6) is 0 Å². The zero-order valence-electron chi connectivity index (χ0n) is 40.5. The fourth-order valence-electron chi connectivity index (χ4n) is 6.94. The van der Waals surface area contributed by atoms with Crippen LogP contribution in [0.15, 0.2) is 48.5 Å². The Bertz CT molecular complexity index is 1720. The number of hydrogen-bond acceptors (Lipinski definition) is 14.